The van der Waals surface area contributed by atoms with Crippen LogP contribution in [-0.2, 0) is 9.53 Å². The molecule has 0 aliphatic rings. The molecule has 0 aromatic heterocycles. The maximum Gasteiger partial charge on any atom is 0.342 e. The van der Waals surface area contributed by atoms with Gasteiger partial charge in [0.1, 0.15) is 16.0 Å². The molecule has 1 aromatic carbocycles. The number of alkyl halides is 1. The summed E-state index contributed by atoms with van der Waals surface area (Å²) in [6.07, 6.45) is -1.95. The first kappa shape index (κ1) is 16.7. The molecule has 0 amide bonds. The van der Waals surface area contributed by atoms with Gasteiger partial charge in [0.15, 0.2) is 0 Å². The van der Waals surface area contributed by atoms with Crippen LogP contribution < -0.4 is 15.2 Å². The summed E-state index contributed by atoms with van der Waals surface area (Å²) in [4.78, 5) is 11.4. The average Bonchev–Trinajstić information content (AvgIpc) is 2.46. The van der Waals surface area contributed by atoms with Gasteiger partial charge in [-0.05, 0) is 40.5 Å². The molecule has 0 aliphatic carbocycles. The lowest BCUT2D eigenvalue weighted by molar-refractivity contribution is -0.149. The van der Waals surface area contributed by atoms with E-state index in [-0.39, 0.29) is 6.61 Å². The van der Waals surface area contributed by atoms with E-state index in [1.807, 2.05) is 0 Å². The lowest BCUT2D eigenvalue weighted by Crippen LogP contribution is -2.31. The van der Waals surface area contributed by atoms with Gasteiger partial charge < -0.3 is 19.9 Å². The van der Waals surface area contributed by atoms with Gasteiger partial charge in [-0.1, -0.05) is 0 Å². The fourth-order valence-corrected chi connectivity index (χ4v) is 2.17. The third-order valence-electron chi connectivity index (χ3n) is 2.68. The predicted octanol–water partition coefficient (Wildman–Crippen LogP) is 2.37. The van der Waals surface area contributed by atoms with Gasteiger partial charge in [0.05, 0.1) is 26.9 Å². The van der Waals surface area contributed by atoms with E-state index >= 15 is 0 Å². The van der Waals surface area contributed by atoms with E-state index in [2.05, 4.69) is 20.7 Å². The number of esters is 1. The Balaban J connectivity index is 3.09. The molecular weight excluding hydrogens is 333 g/mol. The largest absolute Gasteiger partial charge is 0.495 e. The summed E-state index contributed by atoms with van der Waals surface area (Å²) < 4.78 is 29.4. The lowest BCUT2D eigenvalue weighted by atomic mass is 10.0. The van der Waals surface area contributed by atoms with E-state index in [0.717, 1.165) is 0 Å². The monoisotopic (exact) mass is 349 g/mol. The molecule has 0 radical (unpaired) electrons. The highest BCUT2D eigenvalue weighted by Crippen LogP contribution is 2.37. The van der Waals surface area contributed by atoms with Gasteiger partial charge in [0.25, 0.3) is 0 Å². The van der Waals surface area contributed by atoms with E-state index in [1.165, 1.54) is 14.2 Å². The number of carbonyl (C=O) groups is 1. The minimum absolute atomic E-state index is 0.0962. The maximum absolute atomic E-state index is 13.9. The molecule has 0 heterocycles. The maximum atomic E-state index is 13.9. The Morgan fingerprint density at radius 2 is 1.85 bits per heavy atom. The molecule has 2 atom stereocenters. The van der Waals surface area contributed by atoms with Crippen LogP contribution in [0.1, 0.15) is 18.5 Å². The minimum atomic E-state index is -1.95. The van der Waals surface area contributed by atoms with Gasteiger partial charge in [-0.2, -0.15) is 0 Å². The Morgan fingerprint density at radius 1 is 1.35 bits per heavy atom. The highest BCUT2D eigenvalue weighted by molar-refractivity contribution is 9.10. The van der Waals surface area contributed by atoms with Crippen molar-refractivity contribution in [2.75, 3.05) is 20.8 Å². The Morgan fingerprint density at radius 3 is 2.25 bits per heavy atom. The molecule has 112 valence electrons. The number of nitrogens with two attached hydrogens (primary N) is 1. The standard InChI is InChI=1S/C13H17BrFNO4/c1-4-20-13(17)11(15)12(16)7-5-8(18-2)10(14)9(6-7)19-3/h5-6,11-12H,4,16H2,1-3H3/t11?,12-/m0/s1. The van der Waals surface area contributed by atoms with Gasteiger partial charge in [-0.25, -0.2) is 9.18 Å². The second-order valence-electron chi connectivity index (χ2n) is 3.92. The Labute approximate surface area is 125 Å². The van der Waals surface area contributed by atoms with Crippen LogP contribution in [0.15, 0.2) is 16.6 Å². The SMILES string of the molecule is CCOC(=O)C(F)[C@@H](N)c1cc(OC)c(Br)c(OC)c1. The van der Waals surface area contributed by atoms with Gasteiger partial charge in [0, 0.05) is 0 Å². The third-order valence-corrected chi connectivity index (χ3v) is 3.46. The van der Waals surface area contributed by atoms with Gasteiger partial charge in [0.2, 0.25) is 6.17 Å². The number of carbonyl (C=O) groups excluding carboxylic acids is 1. The third kappa shape index (κ3) is 3.61. The van der Waals surface area contributed by atoms with Crippen molar-refractivity contribution in [3.05, 3.63) is 22.2 Å². The van der Waals surface area contributed by atoms with Crippen molar-refractivity contribution in [2.24, 2.45) is 5.73 Å². The molecular formula is C13H17BrFNO4. The van der Waals surface area contributed by atoms with Crippen LogP contribution in [0.2, 0.25) is 0 Å². The molecule has 1 aromatic rings. The first-order valence-electron chi connectivity index (χ1n) is 5.93. The van der Waals surface area contributed by atoms with Crippen LogP contribution in [0.4, 0.5) is 4.39 Å². The number of hydrogen-bond donors (Lipinski definition) is 1. The van der Waals surface area contributed by atoms with Crippen molar-refractivity contribution in [3.8, 4) is 11.5 Å². The fourth-order valence-electron chi connectivity index (χ4n) is 1.62. The number of methoxy groups -OCH3 is 2. The Bertz CT molecular complexity index is 458. The van der Waals surface area contributed by atoms with Crippen LogP contribution in [0.25, 0.3) is 0 Å². The number of halogens is 2. The van der Waals surface area contributed by atoms with Crippen molar-refractivity contribution < 1.29 is 23.4 Å². The highest BCUT2D eigenvalue weighted by atomic mass is 79.9. The summed E-state index contributed by atoms with van der Waals surface area (Å²) in [7, 11) is 2.93. The van der Waals surface area contributed by atoms with E-state index in [9.17, 15) is 9.18 Å². The molecule has 0 saturated heterocycles. The zero-order chi connectivity index (χ0) is 15.3. The molecule has 5 nitrogen and oxygen atoms in total. The molecule has 2 N–H and O–H groups in total. The summed E-state index contributed by atoms with van der Waals surface area (Å²) in [6.45, 7) is 1.70. The molecule has 0 aliphatic heterocycles. The van der Waals surface area contributed by atoms with Crippen LogP contribution in [0.3, 0.4) is 0 Å². The van der Waals surface area contributed by atoms with Gasteiger partial charge in [-0.3, -0.25) is 0 Å². The lowest BCUT2D eigenvalue weighted by Gasteiger charge is -2.18. The Kier molecular flexibility index (Phi) is 6.22. The van der Waals surface area contributed by atoms with Gasteiger partial charge in [-0.15, -0.1) is 0 Å². The van der Waals surface area contributed by atoms with Crippen LogP contribution in [0, 0.1) is 0 Å². The molecule has 0 saturated carbocycles. The number of hydrogen-bond acceptors (Lipinski definition) is 5. The topological polar surface area (TPSA) is 70.8 Å². The molecule has 1 rings (SSSR count). The normalized spacial score (nSPS) is 13.5. The zero-order valence-corrected chi connectivity index (χ0v) is 13.1. The van der Waals surface area contributed by atoms with Crippen molar-refractivity contribution in [1.29, 1.82) is 0 Å². The summed E-state index contributed by atoms with van der Waals surface area (Å²) in [5.74, 6) is -0.113. The van der Waals surface area contributed by atoms with E-state index < -0.39 is 18.2 Å². The first-order chi connectivity index (χ1) is 9.46. The second kappa shape index (κ2) is 7.44. The van der Waals surface area contributed by atoms with Crippen molar-refractivity contribution >= 4 is 21.9 Å². The quantitative estimate of drug-likeness (QED) is 0.798. The van der Waals surface area contributed by atoms with Crippen LogP contribution >= 0.6 is 15.9 Å². The molecule has 1 unspecified atom stereocenters. The summed E-state index contributed by atoms with van der Waals surface area (Å²) in [6, 6.07) is 1.93. The fraction of sp³-hybridized carbons (Fsp3) is 0.462. The Hall–Kier alpha value is -1.34. The molecule has 7 heteroatoms. The van der Waals surface area contributed by atoms with E-state index in [4.69, 9.17) is 15.2 Å². The molecule has 0 fully saturated rings. The van der Waals surface area contributed by atoms with E-state index in [0.29, 0.717) is 21.5 Å². The second-order valence-corrected chi connectivity index (χ2v) is 4.71. The first-order valence-corrected chi connectivity index (χ1v) is 6.73. The predicted molar refractivity (Wildman–Crippen MR) is 75.7 cm³/mol. The highest BCUT2D eigenvalue weighted by Gasteiger charge is 2.29. The number of rotatable bonds is 6. The number of benzene rings is 1. The smallest absolute Gasteiger partial charge is 0.342 e. The minimum Gasteiger partial charge on any atom is -0.495 e. The number of ether oxygens (including phenoxy) is 3. The summed E-state index contributed by atoms with van der Waals surface area (Å²) in [5, 5.41) is 0. The van der Waals surface area contributed by atoms with Crippen LogP contribution in [0.5, 0.6) is 11.5 Å². The average molecular weight is 350 g/mol. The van der Waals surface area contributed by atoms with Gasteiger partial charge >= 0.3 is 5.97 Å². The van der Waals surface area contributed by atoms with Crippen molar-refractivity contribution in [3.63, 3.8) is 0 Å². The van der Waals surface area contributed by atoms with Crippen molar-refractivity contribution in [1.82, 2.24) is 0 Å². The van der Waals surface area contributed by atoms with Crippen LogP contribution in [-0.4, -0.2) is 33.0 Å². The van der Waals surface area contributed by atoms with Crippen molar-refractivity contribution in [2.45, 2.75) is 19.1 Å². The molecule has 0 bridgehead atoms. The van der Waals surface area contributed by atoms with E-state index in [1.54, 1.807) is 19.1 Å². The summed E-state index contributed by atoms with van der Waals surface area (Å²) >= 11 is 3.30. The molecule has 0 spiro atoms. The zero-order valence-electron chi connectivity index (χ0n) is 11.5. The summed E-state index contributed by atoms with van der Waals surface area (Å²) in [5.41, 5.74) is 6.14. The molecule has 20 heavy (non-hydrogen) atoms.